The van der Waals surface area contributed by atoms with Crippen molar-refractivity contribution in [1.29, 1.82) is 0 Å². The zero-order chi connectivity index (χ0) is 21.4. The summed E-state index contributed by atoms with van der Waals surface area (Å²) in [5, 5.41) is 6.23. The van der Waals surface area contributed by atoms with Crippen LogP contribution in [0.15, 0.2) is 17.0 Å². The second-order valence-electron chi connectivity index (χ2n) is 7.18. The van der Waals surface area contributed by atoms with E-state index in [0.717, 1.165) is 6.07 Å². The van der Waals surface area contributed by atoms with Crippen LogP contribution < -0.4 is 10.0 Å². The van der Waals surface area contributed by atoms with E-state index < -0.39 is 51.2 Å². The van der Waals surface area contributed by atoms with E-state index in [2.05, 4.69) is 9.82 Å². The number of aromatic nitrogens is 2. The molecule has 1 amide bonds. The third-order valence-electron chi connectivity index (χ3n) is 3.86. The summed E-state index contributed by atoms with van der Waals surface area (Å²) in [6, 6.07) is 1.48. The summed E-state index contributed by atoms with van der Waals surface area (Å²) in [5.74, 6) is -5.67. The Balaban J connectivity index is 2.17. The van der Waals surface area contributed by atoms with Gasteiger partial charge in [-0.1, -0.05) is 0 Å². The van der Waals surface area contributed by atoms with E-state index in [-0.39, 0.29) is 10.6 Å². The Morgan fingerprint density at radius 1 is 1.14 bits per heavy atom. The van der Waals surface area contributed by atoms with Gasteiger partial charge in [0.2, 0.25) is 15.9 Å². The predicted molar refractivity (Wildman–Crippen MR) is 96.8 cm³/mol. The summed E-state index contributed by atoms with van der Waals surface area (Å²) in [6.45, 7) is 7.97. The van der Waals surface area contributed by atoms with E-state index in [1.807, 2.05) is 26.1 Å². The van der Waals surface area contributed by atoms with Gasteiger partial charge in [-0.3, -0.25) is 9.48 Å². The van der Waals surface area contributed by atoms with Crippen molar-refractivity contribution in [2.45, 2.75) is 45.1 Å². The van der Waals surface area contributed by atoms with Crippen molar-refractivity contribution in [3.8, 4) is 0 Å². The number of carbonyl (C=O) groups is 1. The van der Waals surface area contributed by atoms with Gasteiger partial charge in [0.25, 0.3) is 0 Å². The van der Waals surface area contributed by atoms with Gasteiger partial charge in [-0.2, -0.15) is 5.10 Å². The molecule has 2 N–H and O–H groups in total. The molecule has 0 atom stereocenters. The first-order chi connectivity index (χ1) is 12.8. The third kappa shape index (κ3) is 4.36. The van der Waals surface area contributed by atoms with Crippen molar-refractivity contribution in [1.82, 2.24) is 14.5 Å². The highest BCUT2D eigenvalue weighted by molar-refractivity contribution is 7.89. The van der Waals surface area contributed by atoms with Crippen LogP contribution in [0.2, 0.25) is 0 Å². The van der Waals surface area contributed by atoms with Crippen molar-refractivity contribution in [3.63, 3.8) is 0 Å². The van der Waals surface area contributed by atoms with Crippen LogP contribution in [0.4, 0.5) is 18.9 Å². The fourth-order valence-corrected chi connectivity index (χ4v) is 4.09. The number of anilines is 1. The minimum absolute atomic E-state index is 0.0609. The van der Waals surface area contributed by atoms with Crippen LogP contribution in [0.3, 0.4) is 0 Å². The molecule has 0 unspecified atom stereocenters. The molecule has 7 nitrogen and oxygen atoms in total. The van der Waals surface area contributed by atoms with Gasteiger partial charge in [0.15, 0.2) is 17.5 Å². The van der Waals surface area contributed by atoms with Crippen molar-refractivity contribution in [3.05, 3.63) is 41.0 Å². The Bertz CT molecular complexity index is 1030. The number of rotatable bonds is 5. The van der Waals surface area contributed by atoms with Gasteiger partial charge < -0.3 is 5.32 Å². The topological polar surface area (TPSA) is 93.1 Å². The molecule has 0 bridgehead atoms. The summed E-state index contributed by atoms with van der Waals surface area (Å²) in [5.41, 5.74) is -0.406. The molecule has 154 valence electrons. The van der Waals surface area contributed by atoms with Gasteiger partial charge in [0.1, 0.15) is 4.90 Å². The van der Waals surface area contributed by atoms with Crippen LogP contribution in [-0.4, -0.2) is 30.7 Å². The van der Waals surface area contributed by atoms with E-state index in [4.69, 9.17) is 0 Å². The average molecular weight is 418 g/mol. The van der Waals surface area contributed by atoms with Crippen LogP contribution in [0, 0.1) is 31.3 Å². The summed E-state index contributed by atoms with van der Waals surface area (Å²) in [4.78, 5) is 11.9. The SMILES string of the molecule is Cc1nn(C(C)(C)C)c(C)c1S(=O)(=O)NCC(=O)Nc1ccc(F)c(F)c1F. The molecule has 2 aromatic rings. The fourth-order valence-electron chi connectivity index (χ4n) is 2.72. The Kier molecular flexibility index (Phi) is 5.90. The number of hydrogen-bond donors (Lipinski definition) is 2. The molecule has 2 rings (SSSR count). The van der Waals surface area contributed by atoms with Crippen LogP contribution in [-0.2, 0) is 20.4 Å². The van der Waals surface area contributed by atoms with E-state index >= 15 is 0 Å². The highest BCUT2D eigenvalue weighted by atomic mass is 32.2. The highest BCUT2D eigenvalue weighted by Crippen LogP contribution is 2.25. The maximum Gasteiger partial charge on any atom is 0.244 e. The van der Waals surface area contributed by atoms with Crippen LogP contribution in [0.1, 0.15) is 32.2 Å². The van der Waals surface area contributed by atoms with E-state index in [9.17, 15) is 26.4 Å². The highest BCUT2D eigenvalue weighted by Gasteiger charge is 2.28. The van der Waals surface area contributed by atoms with Crippen molar-refractivity contribution in [2.75, 3.05) is 11.9 Å². The number of benzene rings is 1. The first-order valence-electron chi connectivity index (χ1n) is 8.25. The fraction of sp³-hybridized carbons (Fsp3) is 0.412. The predicted octanol–water partition coefficient (Wildman–Crippen LogP) is 2.59. The molecule has 0 aliphatic rings. The number of halogens is 3. The van der Waals surface area contributed by atoms with E-state index in [1.54, 1.807) is 11.6 Å². The lowest BCUT2D eigenvalue weighted by atomic mass is 10.1. The average Bonchev–Trinajstić information content (AvgIpc) is 2.89. The quantitative estimate of drug-likeness (QED) is 0.730. The lowest BCUT2D eigenvalue weighted by molar-refractivity contribution is -0.115. The molecule has 1 aromatic carbocycles. The smallest absolute Gasteiger partial charge is 0.244 e. The van der Waals surface area contributed by atoms with Crippen LogP contribution in [0.25, 0.3) is 0 Å². The zero-order valence-corrected chi connectivity index (χ0v) is 16.8. The van der Waals surface area contributed by atoms with Gasteiger partial charge in [-0.05, 0) is 46.8 Å². The number of nitrogens with zero attached hydrogens (tertiary/aromatic N) is 2. The van der Waals surface area contributed by atoms with Gasteiger partial charge in [0.05, 0.1) is 29.2 Å². The van der Waals surface area contributed by atoms with Gasteiger partial charge >= 0.3 is 0 Å². The molecule has 0 saturated carbocycles. The van der Waals surface area contributed by atoms with Crippen LogP contribution >= 0.6 is 0 Å². The second-order valence-corrected chi connectivity index (χ2v) is 8.88. The molecular formula is C17H21F3N4O3S. The normalized spacial score (nSPS) is 12.3. The molecule has 0 aliphatic heterocycles. The van der Waals surface area contributed by atoms with E-state index in [0.29, 0.717) is 11.8 Å². The molecule has 0 aliphatic carbocycles. The number of aryl methyl sites for hydroxylation is 1. The lowest BCUT2D eigenvalue weighted by Crippen LogP contribution is -2.34. The number of nitrogens with one attached hydrogen (secondary N) is 2. The van der Waals surface area contributed by atoms with Crippen molar-refractivity contribution < 1.29 is 26.4 Å². The summed E-state index contributed by atoms with van der Waals surface area (Å²) >= 11 is 0. The monoisotopic (exact) mass is 418 g/mol. The van der Waals surface area contributed by atoms with Crippen LogP contribution in [0.5, 0.6) is 0 Å². The van der Waals surface area contributed by atoms with Crippen molar-refractivity contribution in [2.24, 2.45) is 0 Å². The Morgan fingerprint density at radius 3 is 2.29 bits per heavy atom. The molecule has 11 heteroatoms. The third-order valence-corrected chi connectivity index (χ3v) is 5.51. The molecule has 0 radical (unpaired) electrons. The van der Waals surface area contributed by atoms with Gasteiger partial charge in [-0.15, -0.1) is 0 Å². The Hall–Kier alpha value is -2.40. The standard InChI is InChI=1S/C17H21F3N4O3S/c1-9-16(10(2)24(23-9)17(3,4)5)28(26,27)21-8-13(25)22-12-7-6-11(18)14(19)15(12)20/h6-7,21H,8H2,1-5H3,(H,22,25). The molecule has 1 heterocycles. The summed E-state index contributed by atoms with van der Waals surface area (Å²) in [6.07, 6.45) is 0. The molecule has 28 heavy (non-hydrogen) atoms. The molecular weight excluding hydrogens is 397 g/mol. The number of carbonyl (C=O) groups excluding carboxylic acids is 1. The second kappa shape index (κ2) is 7.55. The Morgan fingerprint density at radius 2 is 1.75 bits per heavy atom. The molecule has 0 saturated heterocycles. The van der Waals surface area contributed by atoms with Gasteiger partial charge in [-0.25, -0.2) is 26.3 Å². The maximum atomic E-state index is 13.6. The first-order valence-corrected chi connectivity index (χ1v) is 9.73. The molecule has 0 spiro atoms. The van der Waals surface area contributed by atoms with E-state index in [1.165, 1.54) is 6.92 Å². The summed E-state index contributed by atoms with van der Waals surface area (Å²) < 4.78 is 68.6. The maximum absolute atomic E-state index is 13.6. The number of hydrogen-bond acceptors (Lipinski definition) is 4. The summed E-state index contributed by atoms with van der Waals surface area (Å²) in [7, 11) is -4.10. The first kappa shape index (κ1) is 21.9. The Labute approximate surface area is 161 Å². The number of amides is 1. The lowest BCUT2D eigenvalue weighted by Gasteiger charge is -2.21. The molecule has 0 fully saturated rings. The minimum atomic E-state index is -4.10. The van der Waals surface area contributed by atoms with Gasteiger partial charge in [0, 0.05) is 0 Å². The minimum Gasteiger partial charge on any atom is -0.322 e. The zero-order valence-electron chi connectivity index (χ0n) is 16.0. The largest absolute Gasteiger partial charge is 0.322 e. The molecule has 1 aromatic heterocycles. The van der Waals surface area contributed by atoms with Crippen molar-refractivity contribution >= 4 is 21.6 Å². The number of sulfonamides is 1.